The smallest absolute Gasteiger partial charge is 0.170 e. The Morgan fingerprint density at radius 1 is 0.950 bits per heavy atom. The first kappa shape index (κ1) is 12.5. The number of fused-ring (bicyclic) bond motifs is 1. The number of pyridine rings is 1. The Morgan fingerprint density at radius 3 is 2.45 bits per heavy atom. The molecule has 98 valence electrons. The lowest BCUT2D eigenvalue weighted by Gasteiger charge is -2.12. The van der Waals surface area contributed by atoms with Crippen molar-refractivity contribution in [1.29, 1.82) is 0 Å². The van der Waals surface area contributed by atoms with Crippen molar-refractivity contribution < 1.29 is 4.79 Å². The average Bonchev–Trinajstić information content (AvgIpc) is 2.54. The Bertz CT molecular complexity index is 744. The predicted molar refractivity (Wildman–Crippen MR) is 80.9 cm³/mol. The highest BCUT2D eigenvalue weighted by Crippen LogP contribution is 2.25. The minimum Gasteiger partial charge on any atom is -0.293 e. The largest absolute Gasteiger partial charge is 0.293 e. The molecular formula is C18H15NO. The van der Waals surface area contributed by atoms with Crippen LogP contribution >= 0.6 is 0 Å². The number of nitrogens with zero attached hydrogens (tertiary/aromatic N) is 1. The minimum absolute atomic E-state index is 0.146. The normalized spacial score (nSPS) is 12.2. The van der Waals surface area contributed by atoms with Crippen LogP contribution in [0.3, 0.4) is 0 Å². The maximum Gasteiger partial charge on any atom is 0.170 e. The maximum atomic E-state index is 12.7. The Balaban J connectivity index is 2.05. The Hall–Kier alpha value is -2.48. The molecule has 0 saturated heterocycles. The predicted octanol–water partition coefficient (Wildman–Crippen LogP) is 4.22. The number of carbonyl (C=O) groups is 1. The number of carbonyl (C=O) groups excluding carboxylic acids is 1. The van der Waals surface area contributed by atoms with Crippen molar-refractivity contribution in [3.63, 3.8) is 0 Å². The van der Waals surface area contributed by atoms with Gasteiger partial charge in [0.15, 0.2) is 5.78 Å². The summed E-state index contributed by atoms with van der Waals surface area (Å²) in [6.45, 7) is 1.94. The van der Waals surface area contributed by atoms with Crippen LogP contribution in [0.5, 0.6) is 0 Å². The zero-order valence-electron chi connectivity index (χ0n) is 11.3. The fourth-order valence-electron chi connectivity index (χ4n) is 2.48. The van der Waals surface area contributed by atoms with E-state index < -0.39 is 0 Å². The van der Waals surface area contributed by atoms with Crippen LogP contribution in [0.2, 0.25) is 0 Å². The van der Waals surface area contributed by atoms with Crippen molar-refractivity contribution in [2.45, 2.75) is 12.8 Å². The first-order valence-electron chi connectivity index (χ1n) is 6.69. The fraction of sp³-hybridized carbons (Fsp3) is 0.111. The van der Waals surface area contributed by atoms with Gasteiger partial charge in [-0.2, -0.15) is 0 Å². The minimum atomic E-state index is -0.163. The van der Waals surface area contributed by atoms with Crippen molar-refractivity contribution in [2.75, 3.05) is 0 Å². The quantitative estimate of drug-likeness (QED) is 0.661. The number of hydrogen-bond donors (Lipinski definition) is 0. The topological polar surface area (TPSA) is 30.0 Å². The molecule has 0 spiro atoms. The van der Waals surface area contributed by atoms with Crippen LogP contribution < -0.4 is 0 Å². The molecule has 0 radical (unpaired) electrons. The maximum absolute atomic E-state index is 12.7. The van der Waals surface area contributed by atoms with Crippen molar-refractivity contribution in [3.8, 4) is 0 Å². The number of benzene rings is 2. The molecule has 0 aliphatic rings. The zero-order valence-corrected chi connectivity index (χ0v) is 11.3. The van der Waals surface area contributed by atoms with Crippen LogP contribution in [-0.4, -0.2) is 10.8 Å². The van der Waals surface area contributed by atoms with Gasteiger partial charge in [0.1, 0.15) is 0 Å². The number of hydrogen-bond acceptors (Lipinski definition) is 2. The van der Waals surface area contributed by atoms with Gasteiger partial charge in [0, 0.05) is 23.9 Å². The van der Waals surface area contributed by atoms with E-state index in [0.717, 1.165) is 21.9 Å². The lowest BCUT2D eigenvalue weighted by Crippen LogP contribution is -2.10. The van der Waals surface area contributed by atoms with Crippen LogP contribution in [-0.2, 0) is 0 Å². The SMILES string of the molecule is CC(C(=O)c1cccc2ccccc12)c1ccncc1. The molecule has 3 aromatic rings. The molecule has 0 saturated carbocycles. The van der Waals surface area contributed by atoms with Gasteiger partial charge >= 0.3 is 0 Å². The van der Waals surface area contributed by atoms with Crippen LogP contribution in [0.15, 0.2) is 67.0 Å². The molecular weight excluding hydrogens is 246 g/mol. The standard InChI is InChI=1S/C18H15NO/c1-13(14-9-11-19-12-10-14)18(20)17-8-4-6-15-5-2-3-7-16(15)17/h2-13H,1H3. The molecule has 20 heavy (non-hydrogen) atoms. The Labute approximate surface area is 118 Å². The monoisotopic (exact) mass is 261 g/mol. The highest BCUT2D eigenvalue weighted by Gasteiger charge is 2.18. The number of ketones is 1. The van der Waals surface area contributed by atoms with E-state index >= 15 is 0 Å². The summed E-state index contributed by atoms with van der Waals surface area (Å²) in [7, 11) is 0. The first-order chi connectivity index (χ1) is 9.77. The molecule has 2 aromatic carbocycles. The molecule has 2 heteroatoms. The molecule has 1 aromatic heterocycles. The molecule has 1 heterocycles. The van der Waals surface area contributed by atoms with E-state index in [1.54, 1.807) is 12.4 Å². The van der Waals surface area contributed by atoms with Crippen LogP contribution in [0.25, 0.3) is 10.8 Å². The van der Waals surface area contributed by atoms with Crippen molar-refractivity contribution in [2.24, 2.45) is 0 Å². The summed E-state index contributed by atoms with van der Waals surface area (Å²) in [5.41, 5.74) is 1.78. The summed E-state index contributed by atoms with van der Waals surface area (Å²) in [4.78, 5) is 16.7. The van der Waals surface area contributed by atoms with Crippen molar-refractivity contribution >= 4 is 16.6 Å². The number of aromatic nitrogens is 1. The summed E-state index contributed by atoms with van der Waals surface area (Å²) < 4.78 is 0. The molecule has 0 fully saturated rings. The molecule has 0 amide bonds. The van der Waals surface area contributed by atoms with Gasteiger partial charge in [-0.05, 0) is 28.5 Å². The van der Waals surface area contributed by atoms with Gasteiger partial charge in [-0.15, -0.1) is 0 Å². The van der Waals surface area contributed by atoms with E-state index in [4.69, 9.17) is 0 Å². The van der Waals surface area contributed by atoms with E-state index in [-0.39, 0.29) is 11.7 Å². The van der Waals surface area contributed by atoms with Gasteiger partial charge in [-0.3, -0.25) is 9.78 Å². The molecule has 0 bridgehead atoms. The van der Waals surface area contributed by atoms with Crippen LogP contribution in [0, 0.1) is 0 Å². The number of rotatable bonds is 3. The van der Waals surface area contributed by atoms with E-state index in [2.05, 4.69) is 4.98 Å². The Morgan fingerprint density at radius 2 is 1.65 bits per heavy atom. The molecule has 1 atom stereocenters. The summed E-state index contributed by atoms with van der Waals surface area (Å²) in [6, 6.07) is 17.7. The molecule has 1 unspecified atom stereocenters. The summed E-state index contributed by atoms with van der Waals surface area (Å²) in [5.74, 6) is -0.0168. The molecule has 0 N–H and O–H groups in total. The lowest BCUT2D eigenvalue weighted by atomic mass is 9.90. The highest BCUT2D eigenvalue weighted by molar-refractivity contribution is 6.10. The van der Waals surface area contributed by atoms with E-state index in [9.17, 15) is 4.79 Å². The van der Waals surface area contributed by atoms with Crippen molar-refractivity contribution in [1.82, 2.24) is 4.98 Å². The lowest BCUT2D eigenvalue weighted by molar-refractivity contribution is 0.0967. The van der Waals surface area contributed by atoms with Gasteiger partial charge in [0.05, 0.1) is 0 Å². The van der Waals surface area contributed by atoms with E-state index in [1.165, 1.54) is 0 Å². The van der Waals surface area contributed by atoms with E-state index in [1.807, 2.05) is 61.5 Å². The van der Waals surface area contributed by atoms with E-state index in [0.29, 0.717) is 0 Å². The third-order valence-corrected chi connectivity index (χ3v) is 3.65. The number of Topliss-reactive ketones (excluding diaryl/α,β-unsaturated/α-hetero) is 1. The summed E-state index contributed by atoms with van der Waals surface area (Å²) in [5, 5.41) is 2.11. The third kappa shape index (κ3) is 2.21. The molecule has 0 aliphatic heterocycles. The molecule has 2 nitrogen and oxygen atoms in total. The van der Waals surface area contributed by atoms with Gasteiger partial charge in [0.25, 0.3) is 0 Å². The first-order valence-corrected chi connectivity index (χ1v) is 6.69. The Kier molecular flexibility index (Phi) is 3.30. The fourth-order valence-corrected chi connectivity index (χ4v) is 2.48. The van der Waals surface area contributed by atoms with Crippen LogP contribution in [0.1, 0.15) is 28.8 Å². The van der Waals surface area contributed by atoms with Crippen molar-refractivity contribution in [3.05, 3.63) is 78.1 Å². The second-order valence-electron chi connectivity index (χ2n) is 4.89. The van der Waals surface area contributed by atoms with Crippen LogP contribution in [0.4, 0.5) is 0 Å². The highest BCUT2D eigenvalue weighted by atomic mass is 16.1. The van der Waals surface area contributed by atoms with Gasteiger partial charge < -0.3 is 0 Å². The summed E-state index contributed by atoms with van der Waals surface area (Å²) >= 11 is 0. The molecule has 0 aliphatic carbocycles. The average molecular weight is 261 g/mol. The van der Waals surface area contributed by atoms with Gasteiger partial charge in [0.2, 0.25) is 0 Å². The van der Waals surface area contributed by atoms with Gasteiger partial charge in [-0.25, -0.2) is 0 Å². The second-order valence-corrected chi connectivity index (χ2v) is 4.89. The zero-order chi connectivity index (χ0) is 13.9. The third-order valence-electron chi connectivity index (χ3n) is 3.65. The second kappa shape index (κ2) is 5.25. The van der Waals surface area contributed by atoms with Gasteiger partial charge in [-0.1, -0.05) is 49.4 Å². The summed E-state index contributed by atoms with van der Waals surface area (Å²) in [6.07, 6.45) is 3.45. The molecule has 3 rings (SSSR count).